The summed E-state index contributed by atoms with van der Waals surface area (Å²) in [6.45, 7) is 8.07. The summed E-state index contributed by atoms with van der Waals surface area (Å²) in [6, 6.07) is 91.2. The average molecular weight is 1220 g/mol. The molecule has 0 aliphatic carbocycles. The quantitative estimate of drug-likeness (QED) is 0.120. The molecule has 0 radical (unpaired) electrons. The SMILES string of the molecule is [C-]#[N+]c1cc(-c2cc(-n3c4ccc(-c5ccnc(-c6ccccc6)c5)cc4c4cc(-c5ccnc(-c6ccccc6)c5)ccc43)c(C#N)c(-n3c4ccc(-c5ccnc(-c6ccccc6)c5)cc4c4cc(-c5ccnc(-c6ccccc6)c5)ccc43)c2)cc(C(F)(F)F)c1. The number of rotatable bonds is 11. The Morgan fingerprint density at radius 3 is 0.904 bits per heavy atom. The standard InChI is InChI=1S/C83H49F3N8/c1-88-67-39-64(38-66(50-67)83(84,85)86)65-48-81(93-77-26-22-56(60-30-34-89-73(44-60)52-14-6-2-7-15-52)40-68(77)69-41-57(23-27-78(69)93)61-31-35-90-74(45-61)53-16-8-3-9-17-53)72(51-87)82(49-65)94-79-28-24-58(62-32-36-91-75(46-62)54-18-10-4-11-19-54)42-70(79)71-43-59(25-29-80(71)94)63-33-37-92-76(47-63)55-20-12-5-13-21-55/h2-50H. The summed E-state index contributed by atoms with van der Waals surface area (Å²) in [5, 5.41) is 15.6. The molecule has 0 saturated heterocycles. The second-order valence-corrected chi connectivity index (χ2v) is 23.2. The molecule has 0 spiro atoms. The third-order valence-electron chi connectivity index (χ3n) is 17.6. The maximum absolute atomic E-state index is 15.1. The number of nitrogens with zero attached hydrogens (tertiary/aromatic N) is 8. The molecule has 0 fully saturated rings. The van der Waals surface area contributed by atoms with Gasteiger partial charge in [-0.1, -0.05) is 146 Å². The first-order valence-corrected chi connectivity index (χ1v) is 30.5. The molecule has 16 rings (SSSR count). The van der Waals surface area contributed by atoms with Crippen molar-refractivity contribution in [2.45, 2.75) is 6.18 Å². The van der Waals surface area contributed by atoms with Crippen molar-refractivity contribution in [1.29, 1.82) is 5.26 Å². The summed E-state index contributed by atoms with van der Waals surface area (Å²) < 4.78 is 49.4. The first-order chi connectivity index (χ1) is 46.1. The average Bonchev–Trinajstić information content (AvgIpc) is 1.64. The number of benzene rings is 10. The summed E-state index contributed by atoms with van der Waals surface area (Å²) in [5.41, 5.74) is 18.1. The lowest BCUT2D eigenvalue weighted by Gasteiger charge is -2.19. The van der Waals surface area contributed by atoms with Gasteiger partial charge in [-0.2, -0.15) is 18.4 Å². The molecule has 10 aromatic carbocycles. The number of hydrogen-bond donors (Lipinski definition) is 0. The van der Waals surface area contributed by atoms with Crippen molar-refractivity contribution in [3.8, 4) is 118 Å². The number of hydrogen-bond acceptors (Lipinski definition) is 5. The fourth-order valence-electron chi connectivity index (χ4n) is 13.0. The molecule has 16 aromatic rings. The highest BCUT2D eigenvalue weighted by molar-refractivity contribution is 6.14. The Balaban J connectivity index is 0.971. The molecule has 0 amide bonds. The summed E-state index contributed by atoms with van der Waals surface area (Å²) >= 11 is 0. The molecule has 0 unspecified atom stereocenters. The first-order valence-electron chi connectivity index (χ1n) is 30.5. The molecule has 0 N–H and O–H groups in total. The normalized spacial score (nSPS) is 11.5. The van der Waals surface area contributed by atoms with E-state index in [0.29, 0.717) is 16.9 Å². The fraction of sp³-hybridized carbons (Fsp3) is 0.0120. The van der Waals surface area contributed by atoms with Crippen LogP contribution in [0.25, 0.3) is 160 Å². The van der Waals surface area contributed by atoms with Crippen molar-refractivity contribution >= 4 is 49.3 Å². The topological polar surface area (TPSA) is 89.6 Å². The van der Waals surface area contributed by atoms with Crippen LogP contribution in [0.4, 0.5) is 18.9 Å². The summed E-state index contributed by atoms with van der Waals surface area (Å²) in [4.78, 5) is 22.6. The Labute approximate surface area is 538 Å². The first kappa shape index (κ1) is 56.4. The van der Waals surface area contributed by atoms with Crippen LogP contribution in [-0.2, 0) is 6.18 Å². The van der Waals surface area contributed by atoms with Crippen LogP contribution in [-0.4, -0.2) is 29.1 Å². The van der Waals surface area contributed by atoms with E-state index in [9.17, 15) is 5.26 Å². The Kier molecular flexibility index (Phi) is 13.9. The number of halogens is 3. The van der Waals surface area contributed by atoms with E-state index in [2.05, 4.69) is 117 Å². The zero-order chi connectivity index (χ0) is 63.4. The smallest absolute Gasteiger partial charge is 0.308 e. The molecule has 6 aromatic heterocycles. The molecule has 0 atom stereocenters. The van der Waals surface area contributed by atoms with Gasteiger partial charge in [-0.25, -0.2) is 4.85 Å². The highest BCUT2D eigenvalue weighted by Crippen LogP contribution is 2.46. The van der Waals surface area contributed by atoms with Crippen LogP contribution >= 0.6 is 0 Å². The lowest BCUT2D eigenvalue weighted by Crippen LogP contribution is -2.06. The van der Waals surface area contributed by atoms with Gasteiger partial charge in [0.2, 0.25) is 0 Å². The Bertz CT molecular complexity index is 5160. The van der Waals surface area contributed by atoms with Gasteiger partial charge in [0.1, 0.15) is 11.6 Å². The van der Waals surface area contributed by atoms with E-state index >= 15 is 13.2 Å². The molecule has 0 saturated carbocycles. The van der Waals surface area contributed by atoms with E-state index in [0.717, 1.165) is 145 Å². The van der Waals surface area contributed by atoms with Gasteiger partial charge < -0.3 is 9.13 Å². The predicted octanol–water partition coefficient (Wildman–Crippen LogP) is 21.9. The maximum Gasteiger partial charge on any atom is 0.415 e. The third kappa shape index (κ3) is 10.3. The minimum atomic E-state index is -4.78. The van der Waals surface area contributed by atoms with Crippen molar-refractivity contribution in [2.75, 3.05) is 0 Å². The Morgan fingerprint density at radius 2 is 0.617 bits per heavy atom. The highest BCUT2D eigenvalue weighted by Gasteiger charge is 2.32. The van der Waals surface area contributed by atoms with Crippen LogP contribution in [0.5, 0.6) is 0 Å². The van der Waals surface area contributed by atoms with Gasteiger partial charge in [-0.15, -0.1) is 0 Å². The van der Waals surface area contributed by atoms with Gasteiger partial charge >= 0.3 is 6.18 Å². The van der Waals surface area contributed by atoms with Crippen molar-refractivity contribution in [1.82, 2.24) is 29.1 Å². The van der Waals surface area contributed by atoms with E-state index in [1.165, 1.54) is 6.07 Å². The van der Waals surface area contributed by atoms with Crippen LogP contribution in [0, 0.1) is 17.9 Å². The zero-order valence-electron chi connectivity index (χ0n) is 50.0. The van der Waals surface area contributed by atoms with E-state index in [1.54, 1.807) is 12.1 Å². The summed E-state index contributed by atoms with van der Waals surface area (Å²) in [7, 11) is 0. The maximum atomic E-state index is 15.1. The zero-order valence-corrected chi connectivity index (χ0v) is 50.0. The van der Waals surface area contributed by atoms with Crippen molar-refractivity contribution in [2.24, 2.45) is 0 Å². The van der Waals surface area contributed by atoms with Crippen molar-refractivity contribution in [3.63, 3.8) is 0 Å². The number of nitriles is 1. The second kappa shape index (κ2) is 23.2. The van der Waals surface area contributed by atoms with Crippen LogP contribution in [0.1, 0.15) is 11.1 Å². The van der Waals surface area contributed by atoms with Crippen LogP contribution < -0.4 is 0 Å². The molecule has 94 heavy (non-hydrogen) atoms. The van der Waals surface area contributed by atoms with Gasteiger partial charge in [0.05, 0.1) is 62.8 Å². The van der Waals surface area contributed by atoms with Gasteiger partial charge in [-0.05, 0) is 183 Å². The van der Waals surface area contributed by atoms with Crippen molar-refractivity contribution < 1.29 is 13.2 Å². The molecule has 0 aliphatic heterocycles. The van der Waals surface area contributed by atoms with E-state index in [-0.39, 0.29) is 16.8 Å². The van der Waals surface area contributed by atoms with E-state index < -0.39 is 11.7 Å². The Morgan fingerprint density at radius 1 is 0.319 bits per heavy atom. The monoisotopic (exact) mass is 1210 g/mol. The lowest BCUT2D eigenvalue weighted by molar-refractivity contribution is -0.137. The molecule has 442 valence electrons. The molecular weight excluding hydrogens is 1170 g/mol. The number of alkyl halides is 3. The minimum absolute atomic E-state index is 0.154. The van der Waals surface area contributed by atoms with Crippen LogP contribution in [0.15, 0.2) is 298 Å². The highest BCUT2D eigenvalue weighted by atomic mass is 19.4. The van der Waals surface area contributed by atoms with Crippen LogP contribution in [0.3, 0.4) is 0 Å². The molecule has 6 heterocycles. The summed E-state index contributed by atoms with van der Waals surface area (Å²) in [5.74, 6) is 0. The van der Waals surface area contributed by atoms with E-state index in [1.807, 2.05) is 170 Å². The molecule has 0 aliphatic rings. The van der Waals surface area contributed by atoms with Gasteiger partial charge in [0.25, 0.3) is 0 Å². The van der Waals surface area contributed by atoms with Gasteiger partial charge in [0, 0.05) is 74.1 Å². The lowest BCUT2D eigenvalue weighted by atomic mass is 9.97. The number of pyridine rings is 4. The number of fused-ring (bicyclic) bond motifs is 6. The minimum Gasteiger partial charge on any atom is -0.308 e. The summed E-state index contributed by atoms with van der Waals surface area (Å²) in [6.07, 6.45) is 2.48. The molecular formula is C83H49F3N8. The van der Waals surface area contributed by atoms with Crippen LogP contribution in [0.2, 0.25) is 0 Å². The van der Waals surface area contributed by atoms with Crippen molar-refractivity contribution in [3.05, 3.63) is 320 Å². The fourth-order valence-corrected chi connectivity index (χ4v) is 13.0. The molecule has 11 heteroatoms. The van der Waals surface area contributed by atoms with E-state index in [4.69, 9.17) is 26.5 Å². The number of aromatic nitrogens is 6. The largest absolute Gasteiger partial charge is 0.415 e. The molecule has 0 bridgehead atoms. The molecule has 8 nitrogen and oxygen atoms in total. The third-order valence-corrected chi connectivity index (χ3v) is 17.6. The Hall–Kier alpha value is -12.8. The van der Waals surface area contributed by atoms with Gasteiger partial charge in [0.15, 0.2) is 5.69 Å². The second-order valence-electron chi connectivity index (χ2n) is 23.2. The van der Waals surface area contributed by atoms with Gasteiger partial charge in [-0.3, -0.25) is 19.9 Å². The predicted molar refractivity (Wildman–Crippen MR) is 371 cm³/mol.